The van der Waals surface area contributed by atoms with E-state index in [0.29, 0.717) is 13.0 Å². The van der Waals surface area contributed by atoms with Crippen LogP contribution in [-0.4, -0.2) is 29.4 Å². The van der Waals surface area contributed by atoms with Crippen molar-refractivity contribution in [2.75, 3.05) is 5.75 Å². The molecule has 0 fully saturated rings. The van der Waals surface area contributed by atoms with Crippen LogP contribution in [-0.2, 0) is 16.1 Å². The van der Waals surface area contributed by atoms with Crippen LogP contribution in [0.3, 0.4) is 0 Å². The van der Waals surface area contributed by atoms with Crippen LogP contribution in [0.4, 0.5) is 0 Å². The van der Waals surface area contributed by atoms with Crippen LogP contribution in [0.25, 0.3) is 0 Å². The lowest BCUT2D eigenvalue weighted by Gasteiger charge is -2.30. The maximum Gasteiger partial charge on any atom is 0.210 e. The molecule has 2 rings (SSSR count). The van der Waals surface area contributed by atoms with E-state index in [1.54, 1.807) is 16.7 Å². The van der Waals surface area contributed by atoms with Crippen molar-refractivity contribution in [2.45, 2.75) is 38.8 Å². The molecular weight excluding hydrogens is 282 g/mol. The molecule has 1 heterocycles. The molecule has 0 radical (unpaired) electrons. The molecule has 1 amide bonds. The van der Waals surface area contributed by atoms with Crippen LogP contribution < -0.4 is 0 Å². The van der Waals surface area contributed by atoms with Crippen LogP contribution in [0.2, 0.25) is 0 Å². The smallest absolute Gasteiger partial charge is 0.210 e. The van der Waals surface area contributed by atoms with Gasteiger partial charge in [-0.3, -0.25) is 4.79 Å². The van der Waals surface area contributed by atoms with Crippen molar-refractivity contribution >= 4 is 24.5 Å². The molecule has 0 bridgehead atoms. The van der Waals surface area contributed by atoms with Crippen LogP contribution in [0.5, 0.6) is 0 Å². The number of thioether (sulfide) groups is 1. The number of aryl methyl sites for hydroxylation is 1. The molecule has 0 spiro atoms. The molecule has 3 nitrogen and oxygen atoms in total. The fraction of sp³-hybridized carbons (Fsp3) is 0.412. The van der Waals surface area contributed by atoms with E-state index in [4.69, 9.17) is 0 Å². The van der Waals surface area contributed by atoms with E-state index in [0.717, 1.165) is 35.3 Å². The number of hydrogen-bond donors (Lipinski definition) is 0. The minimum atomic E-state index is -0.119. The highest BCUT2D eigenvalue weighted by Crippen LogP contribution is 2.30. The lowest BCUT2D eigenvalue weighted by molar-refractivity contribution is -0.120. The second kappa shape index (κ2) is 8.03. The number of carbonyl (C=O) groups excluding carboxylic acids is 2. The van der Waals surface area contributed by atoms with E-state index in [-0.39, 0.29) is 6.04 Å². The summed E-state index contributed by atoms with van der Waals surface area (Å²) >= 11 is 1.77. The van der Waals surface area contributed by atoms with Gasteiger partial charge in [0.15, 0.2) is 0 Å². The van der Waals surface area contributed by atoms with Gasteiger partial charge in [0.1, 0.15) is 6.29 Å². The van der Waals surface area contributed by atoms with Crippen LogP contribution >= 0.6 is 11.8 Å². The number of allylic oxidation sites excluding steroid dienone is 1. The Morgan fingerprint density at radius 3 is 2.62 bits per heavy atom. The summed E-state index contributed by atoms with van der Waals surface area (Å²) in [6.45, 7) is 2.58. The largest absolute Gasteiger partial charge is 0.333 e. The zero-order valence-electron chi connectivity index (χ0n) is 12.3. The van der Waals surface area contributed by atoms with Crippen molar-refractivity contribution in [3.63, 3.8) is 0 Å². The van der Waals surface area contributed by atoms with E-state index in [1.807, 2.05) is 31.2 Å². The molecule has 1 unspecified atom stereocenters. The minimum absolute atomic E-state index is 0.119. The van der Waals surface area contributed by atoms with Crippen molar-refractivity contribution in [3.8, 4) is 0 Å². The average molecular weight is 303 g/mol. The van der Waals surface area contributed by atoms with Gasteiger partial charge in [-0.2, -0.15) is 0 Å². The maximum absolute atomic E-state index is 11.5. The Labute approximate surface area is 130 Å². The highest BCUT2D eigenvalue weighted by molar-refractivity contribution is 8.03. The quantitative estimate of drug-likeness (QED) is 0.725. The van der Waals surface area contributed by atoms with Crippen LogP contribution in [0, 0.1) is 6.92 Å². The Kier molecular flexibility index (Phi) is 6.05. The molecule has 1 aliphatic heterocycles. The molecule has 0 aromatic heterocycles. The van der Waals surface area contributed by atoms with E-state index in [1.165, 1.54) is 12.0 Å². The standard InChI is InChI=1S/C17H21NO2S/c1-14-5-7-15(8-6-14)12-18(13-20)16(9-10-19)17-4-2-3-11-21-17/h4-8,10,13,16H,2-3,9,11-12H2,1H3. The zero-order chi connectivity index (χ0) is 15.1. The number of aldehydes is 1. The molecule has 1 atom stereocenters. The lowest BCUT2D eigenvalue weighted by atomic mass is 10.1. The van der Waals surface area contributed by atoms with E-state index < -0.39 is 0 Å². The summed E-state index contributed by atoms with van der Waals surface area (Å²) in [6.07, 6.45) is 6.52. The van der Waals surface area contributed by atoms with Gasteiger partial charge < -0.3 is 9.69 Å². The van der Waals surface area contributed by atoms with E-state index >= 15 is 0 Å². The number of amides is 1. The Bertz CT molecular complexity index is 510. The van der Waals surface area contributed by atoms with Crippen molar-refractivity contribution in [1.29, 1.82) is 0 Å². The van der Waals surface area contributed by atoms with Gasteiger partial charge >= 0.3 is 0 Å². The fourth-order valence-corrected chi connectivity index (χ4v) is 3.65. The first-order valence-corrected chi connectivity index (χ1v) is 8.26. The number of rotatable bonds is 7. The minimum Gasteiger partial charge on any atom is -0.333 e. The Balaban J connectivity index is 2.14. The maximum atomic E-state index is 11.5. The number of hydrogen-bond acceptors (Lipinski definition) is 3. The Morgan fingerprint density at radius 1 is 1.29 bits per heavy atom. The number of nitrogens with zero attached hydrogens (tertiary/aromatic N) is 1. The monoisotopic (exact) mass is 303 g/mol. The van der Waals surface area contributed by atoms with Crippen LogP contribution in [0.15, 0.2) is 35.2 Å². The van der Waals surface area contributed by atoms with Gasteiger partial charge in [0.05, 0.1) is 6.04 Å². The fourth-order valence-electron chi connectivity index (χ4n) is 2.44. The Morgan fingerprint density at radius 2 is 2.05 bits per heavy atom. The molecule has 21 heavy (non-hydrogen) atoms. The third-order valence-corrected chi connectivity index (χ3v) is 4.90. The number of benzene rings is 1. The molecule has 0 aliphatic carbocycles. The molecule has 112 valence electrons. The van der Waals surface area contributed by atoms with Gasteiger partial charge in [-0.1, -0.05) is 35.9 Å². The van der Waals surface area contributed by atoms with Crippen molar-refractivity contribution in [1.82, 2.24) is 4.90 Å². The molecule has 1 aromatic carbocycles. The SMILES string of the molecule is Cc1ccc(CN(C=O)C(CC=O)C2=CCCCS2)cc1. The first-order valence-electron chi connectivity index (χ1n) is 7.27. The van der Waals surface area contributed by atoms with Gasteiger partial charge in [0, 0.05) is 17.9 Å². The highest BCUT2D eigenvalue weighted by atomic mass is 32.2. The molecule has 1 aromatic rings. The van der Waals surface area contributed by atoms with Crippen molar-refractivity contribution in [3.05, 3.63) is 46.4 Å². The average Bonchev–Trinajstić information content (AvgIpc) is 2.53. The normalized spacial score (nSPS) is 16.0. The predicted molar refractivity (Wildman–Crippen MR) is 87.0 cm³/mol. The summed E-state index contributed by atoms with van der Waals surface area (Å²) in [5, 5.41) is 0. The molecule has 4 heteroatoms. The summed E-state index contributed by atoms with van der Waals surface area (Å²) in [4.78, 5) is 25.4. The van der Waals surface area contributed by atoms with E-state index in [2.05, 4.69) is 6.08 Å². The highest BCUT2D eigenvalue weighted by Gasteiger charge is 2.22. The second-order valence-corrected chi connectivity index (χ2v) is 6.45. The van der Waals surface area contributed by atoms with Crippen molar-refractivity contribution in [2.24, 2.45) is 0 Å². The molecular formula is C17H21NO2S. The van der Waals surface area contributed by atoms with E-state index in [9.17, 15) is 9.59 Å². The van der Waals surface area contributed by atoms with Gasteiger partial charge in [0.25, 0.3) is 0 Å². The van der Waals surface area contributed by atoms with Crippen LogP contribution in [0.1, 0.15) is 30.4 Å². The van der Waals surface area contributed by atoms with Gasteiger partial charge in [-0.25, -0.2) is 0 Å². The zero-order valence-corrected chi connectivity index (χ0v) is 13.1. The summed E-state index contributed by atoms with van der Waals surface area (Å²) in [7, 11) is 0. The Hall–Kier alpha value is -1.55. The number of carbonyl (C=O) groups is 2. The third kappa shape index (κ3) is 4.46. The van der Waals surface area contributed by atoms with Gasteiger partial charge in [-0.05, 0) is 31.1 Å². The molecule has 1 aliphatic rings. The topological polar surface area (TPSA) is 37.4 Å². The first kappa shape index (κ1) is 15.8. The third-order valence-electron chi connectivity index (χ3n) is 3.63. The summed E-state index contributed by atoms with van der Waals surface area (Å²) in [6, 6.07) is 8.04. The predicted octanol–water partition coefficient (Wildman–Crippen LogP) is 3.32. The van der Waals surface area contributed by atoms with Crippen molar-refractivity contribution < 1.29 is 9.59 Å². The molecule has 0 saturated heterocycles. The van der Waals surface area contributed by atoms with Gasteiger partial charge in [0.2, 0.25) is 6.41 Å². The molecule has 0 saturated carbocycles. The van der Waals surface area contributed by atoms with Gasteiger partial charge in [-0.15, -0.1) is 11.8 Å². The second-order valence-electron chi connectivity index (χ2n) is 5.28. The molecule has 0 N–H and O–H groups in total. The summed E-state index contributed by atoms with van der Waals surface area (Å²) in [5.41, 5.74) is 2.29. The summed E-state index contributed by atoms with van der Waals surface area (Å²) < 4.78 is 0. The lowest BCUT2D eigenvalue weighted by Crippen LogP contribution is -2.35. The first-order chi connectivity index (χ1) is 10.2. The summed E-state index contributed by atoms with van der Waals surface area (Å²) in [5.74, 6) is 1.07.